The van der Waals surface area contributed by atoms with E-state index in [0.29, 0.717) is 0 Å². The molecule has 0 amide bonds. The SMILES string of the molecule is N#C[N+](=[N-])C#N. The number of nitriles is 2. The summed E-state index contributed by atoms with van der Waals surface area (Å²) in [6.07, 6.45) is 2.28. The van der Waals surface area contributed by atoms with Gasteiger partial charge in [-0.1, -0.05) is 0 Å². The van der Waals surface area contributed by atoms with Crippen LogP contribution in [0.5, 0.6) is 0 Å². The minimum absolute atomic E-state index is 0.139. The molecule has 0 unspecified atom stereocenters. The van der Waals surface area contributed by atoms with Gasteiger partial charge < -0.3 is 5.53 Å². The molecule has 0 aliphatic rings. The van der Waals surface area contributed by atoms with Crippen molar-refractivity contribution in [1.82, 2.24) is 0 Å². The van der Waals surface area contributed by atoms with E-state index in [0.717, 1.165) is 12.4 Å². The molecule has 0 fully saturated rings. The molecular weight excluding hydrogens is 80.0 g/mol. The zero-order valence-corrected chi connectivity index (χ0v) is 2.79. The Morgan fingerprint density at radius 2 is 1.67 bits per heavy atom. The molecule has 0 radical (unpaired) electrons. The van der Waals surface area contributed by atoms with Crippen LogP contribution in [0.15, 0.2) is 0 Å². The lowest BCUT2D eigenvalue weighted by molar-refractivity contribution is -0.362. The fraction of sp³-hybridized carbons (Fsp3) is 0. The van der Waals surface area contributed by atoms with E-state index in [1.807, 2.05) is 0 Å². The van der Waals surface area contributed by atoms with Gasteiger partial charge in [0, 0.05) is 10.5 Å². The predicted octanol–water partition coefficient (Wildman–Crippen LogP) is -0.0173. The van der Waals surface area contributed by atoms with Crippen molar-refractivity contribution in [2.24, 2.45) is 0 Å². The second-order valence-electron chi connectivity index (χ2n) is 0.512. The molecular formula is C2N4. The molecule has 0 bridgehead atoms. The van der Waals surface area contributed by atoms with E-state index >= 15 is 0 Å². The minimum atomic E-state index is -0.139. The van der Waals surface area contributed by atoms with Crippen LogP contribution in [0, 0.1) is 22.9 Å². The fourth-order valence-electron chi connectivity index (χ4n) is 0.0224. The van der Waals surface area contributed by atoms with Crippen LogP contribution in [0.3, 0.4) is 0 Å². The van der Waals surface area contributed by atoms with Crippen LogP contribution in [0.2, 0.25) is 0 Å². The Morgan fingerprint density at radius 1 is 1.33 bits per heavy atom. The molecule has 0 aliphatic carbocycles. The molecule has 4 nitrogen and oxygen atoms in total. The van der Waals surface area contributed by atoms with Gasteiger partial charge in [0.2, 0.25) is 0 Å². The van der Waals surface area contributed by atoms with Crippen LogP contribution in [0.4, 0.5) is 0 Å². The van der Waals surface area contributed by atoms with Crippen molar-refractivity contribution in [1.29, 1.82) is 10.5 Å². The lowest BCUT2D eigenvalue weighted by Gasteiger charge is -1.71. The summed E-state index contributed by atoms with van der Waals surface area (Å²) in [7, 11) is 0. The molecule has 0 aromatic carbocycles. The van der Waals surface area contributed by atoms with E-state index in [1.54, 1.807) is 0 Å². The lowest BCUT2D eigenvalue weighted by Crippen LogP contribution is -1.81. The van der Waals surface area contributed by atoms with Crippen molar-refractivity contribution in [3.63, 3.8) is 0 Å². The summed E-state index contributed by atoms with van der Waals surface area (Å²) < 4.78 is -0.139. The van der Waals surface area contributed by atoms with Crippen LogP contribution in [-0.4, -0.2) is 4.70 Å². The van der Waals surface area contributed by atoms with Gasteiger partial charge >= 0.3 is 12.4 Å². The molecule has 28 valence electrons. The summed E-state index contributed by atoms with van der Waals surface area (Å²) in [5, 5.41) is 15.1. The first-order valence-corrected chi connectivity index (χ1v) is 1.09. The van der Waals surface area contributed by atoms with E-state index < -0.39 is 0 Å². The van der Waals surface area contributed by atoms with E-state index in [9.17, 15) is 0 Å². The van der Waals surface area contributed by atoms with Crippen molar-refractivity contribution in [2.45, 2.75) is 0 Å². The average molecular weight is 80.0 g/mol. The smallest absolute Gasteiger partial charge is 0.366 e. The van der Waals surface area contributed by atoms with Gasteiger partial charge in [0.1, 0.15) is 0 Å². The quantitative estimate of drug-likeness (QED) is 0.177. The highest BCUT2D eigenvalue weighted by molar-refractivity contribution is 4.53. The molecule has 0 saturated heterocycles. The Labute approximate surface area is 34.3 Å². The summed E-state index contributed by atoms with van der Waals surface area (Å²) in [5.74, 6) is 0. The van der Waals surface area contributed by atoms with E-state index in [-0.39, 0.29) is 4.70 Å². The Balaban J connectivity index is 3.75. The lowest BCUT2D eigenvalue weighted by atomic mass is 11.1. The van der Waals surface area contributed by atoms with E-state index in [2.05, 4.69) is 0 Å². The van der Waals surface area contributed by atoms with Crippen LogP contribution >= 0.6 is 0 Å². The molecule has 0 aromatic heterocycles. The summed E-state index contributed by atoms with van der Waals surface area (Å²) >= 11 is 0. The second kappa shape index (κ2) is 1.86. The van der Waals surface area contributed by atoms with Crippen LogP contribution in [0.1, 0.15) is 0 Å². The van der Waals surface area contributed by atoms with Crippen molar-refractivity contribution in [3.05, 3.63) is 5.53 Å². The molecule has 0 saturated carbocycles. The molecule has 0 heterocycles. The zero-order chi connectivity index (χ0) is 4.99. The van der Waals surface area contributed by atoms with E-state index in [1.165, 1.54) is 0 Å². The summed E-state index contributed by atoms with van der Waals surface area (Å²) in [4.78, 5) is 0. The standard InChI is InChI=1S/C2N4/c3-1-6(5)2-4. The summed E-state index contributed by atoms with van der Waals surface area (Å²) in [5.41, 5.74) is 7.78. The molecule has 0 aromatic rings. The highest BCUT2D eigenvalue weighted by atomic mass is 15.1. The van der Waals surface area contributed by atoms with Crippen LogP contribution < -0.4 is 0 Å². The predicted molar refractivity (Wildman–Crippen MR) is 14.8 cm³/mol. The Kier molecular flexibility index (Phi) is 1.42. The topological polar surface area (TPSA) is 72.9 Å². The molecule has 0 rings (SSSR count). The van der Waals surface area contributed by atoms with Gasteiger partial charge in [-0.3, -0.25) is 0 Å². The number of rotatable bonds is 0. The average Bonchev–Trinajstić information content (AvgIpc) is 1.65. The zero-order valence-electron chi connectivity index (χ0n) is 2.79. The maximum Gasteiger partial charge on any atom is 0.366 e. The summed E-state index contributed by atoms with van der Waals surface area (Å²) in [6, 6.07) is 0. The molecule has 0 atom stereocenters. The third-order valence-corrected chi connectivity index (χ3v) is 0.189. The Hall–Kier alpha value is -1.42. The monoisotopic (exact) mass is 80.0 g/mol. The first kappa shape index (κ1) is 4.58. The second-order valence-corrected chi connectivity index (χ2v) is 0.512. The van der Waals surface area contributed by atoms with Crippen molar-refractivity contribution >= 4 is 0 Å². The highest BCUT2D eigenvalue weighted by Gasteiger charge is 1.73. The van der Waals surface area contributed by atoms with Crippen LogP contribution in [0.25, 0.3) is 5.53 Å². The van der Waals surface area contributed by atoms with Crippen molar-refractivity contribution in [2.75, 3.05) is 0 Å². The number of nitrogens with zero attached hydrogens (tertiary/aromatic N) is 4. The normalized spacial score (nSPS) is 5.00. The van der Waals surface area contributed by atoms with E-state index in [4.69, 9.17) is 16.1 Å². The van der Waals surface area contributed by atoms with Gasteiger partial charge in [-0.2, -0.15) is 4.70 Å². The van der Waals surface area contributed by atoms with Crippen molar-refractivity contribution < 1.29 is 4.70 Å². The Bertz CT molecular complexity index is 117. The van der Waals surface area contributed by atoms with Gasteiger partial charge in [0.05, 0.1) is 0 Å². The van der Waals surface area contributed by atoms with Crippen LogP contribution in [-0.2, 0) is 0 Å². The highest BCUT2D eigenvalue weighted by Crippen LogP contribution is 1.56. The van der Waals surface area contributed by atoms with Crippen molar-refractivity contribution in [3.8, 4) is 12.4 Å². The fourth-order valence-corrected chi connectivity index (χ4v) is 0.0224. The van der Waals surface area contributed by atoms with Gasteiger partial charge in [-0.15, -0.1) is 0 Å². The van der Waals surface area contributed by atoms with Gasteiger partial charge in [-0.05, 0) is 0 Å². The molecule has 4 heteroatoms. The minimum Gasteiger partial charge on any atom is -0.623 e. The molecule has 0 N–H and O–H groups in total. The Morgan fingerprint density at radius 3 is 1.67 bits per heavy atom. The van der Waals surface area contributed by atoms with Gasteiger partial charge in [-0.25, -0.2) is 0 Å². The van der Waals surface area contributed by atoms with Gasteiger partial charge in [0.25, 0.3) is 0 Å². The first-order chi connectivity index (χ1) is 2.81. The molecule has 0 spiro atoms. The maximum absolute atomic E-state index is 7.78. The number of hydrogen-bond acceptors (Lipinski definition) is 2. The third-order valence-electron chi connectivity index (χ3n) is 0.189. The van der Waals surface area contributed by atoms with Gasteiger partial charge in [0.15, 0.2) is 0 Å². The third kappa shape index (κ3) is 0.968. The first-order valence-electron chi connectivity index (χ1n) is 1.09. The maximum atomic E-state index is 7.78. The molecule has 6 heavy (non-hydrogen) atoms. The largest absolute Gasteiger partial charge is 0.623 e. The molecule has 0 aliphatic heterocycles. The summed E-state index contributed by atoms with van der Waals surface area (Å²) in [6.45, 7) is 0. The number of hydrogen-bond donors (Lipinski definition) is 0.